The summed E-state index contributed by atoms with van der Waals surface area (Å²) in [6, 6.07) is 6.70. The zero-order valence-electron chi connectivity index (χ0n) is 10.4. The molecule has 0 bridgehead atoms. The molecule has 0 aliphatic rings. The van der Waals surface area contributed by atoms with Gasteiger partial charge in [0.2, 0.25) is 5.88 Å². The number of anilines is 1. The molecule has 0 radical (unpaired) electrons. The molecule has 0 unspecified atom stereocenters. The Hall–Kier alpha value is -2.44. The van der Waals surface area contributed by atoms with E-state index in [4.69, 9.17) is 10.5 Å². The Labute approximate surface area is 113 Å². The molecule has 106 valence electrons. The van der Waals surface area contributed by atoms with E-state index in [1.165, 1.54) is 18.3 Å². The van der Waals surface area contributed by atoms with Crippen LogP contribution in [-0.2, 0) is 0 Å². The molecule has 0 saturated heterocycles. The first-order valence-electron chi connectivity index (χ1n) is 5.60. The third-order valence-electron chi connectivity index (χ3n) is 2.44. The van der Waals surface area contributed by atoms with Crippen LogP contribution in [0.1, 0.15) is 5.56 Å². The number of nitrogen functional groups attached to an aromatic ring is 1. The Morgan fingerprint density at radius 3 is 2.25 bits per heavy atom. The maximum Gasteiger partial charge on any atom is 0.573 e. The van der Waals surface area contributed by atoms with Crippen LogP contribution in [0.5, 0.6) is 17.4 Å². The van der Waals surface area contributed by atoms with Gasteiger partial charge in [0.15, 0.2) is 0 Å². The molecule has 0 fully saturated rings. The number of halogens is 3. The van der Waals surface area contributed by atoms with Crippen LogP contribution in [0, 0.1) is 6.92 Å². The van der Waals surface area contributed by atoms with Crippen molar-refractivity contribution >= 4 is 5.69 Å². The largest absolute Gasteiger partial charge is 0.573 e. The van der Waals surface area contributed by atoms with Gasteiger partial charge in [-0.25, -0.2) is 4.98 Å². The summed E-state index contributed by atoms with van der Waals surface area (Å²) in [5.74, 6) is 0.189. The Kier molecular flexibility index (Phi) is 3.69. The number of nitrogens with zero attached hydrogens (tertiary/aromatic N) is 1. The highest BCUT2D eigenvalue weighted by molar-refractivity contribution is 5.55. The zero-order valence-corrected chi connectivity index (χ0v) is 10.4. The molecule has 0 spiro atoms. The van der Waals surface area contributed by atoms with Crippen LogP contribution in [0.25, 0.3) is 0 Å². The van der Waals surface area contributed by atoms with E-state index >= 15 is 0 Å². The van der Waals surface area contributed by atoms with Gasteiger partial charge < -0.3 is 15.2 Å². The van der Waals surface area contributed by atoms with Crippen molar-refractivity contribution in [2.45, 2.75) is 13.3 Å². The summed E-state index contributed by atoms with van der Waals surface area (Å²) in [6.45, 7) is 1.80. The average molecular weight is 284 g/mol. The summed E-state index contributed by atoms with van der Waals surface area (Å²) in [5, 5.41) is 0. The van der Waals surface area contributed by atoms with Gasteiger partial charge in [-0.3, -0.25) is 0 Å². The molecule has 1 aromatic carbocycles. The molecule has 7 heteroatoms. The number of aryl methyl sites for hydroxylation is 1. The minimum atomic E-state index is -4.72. The molecule has 1 aromatic heterocycles. The van der Waals surface area contributed by atoms with Crippen LogP contribution < -0.4 is 15.2 Å². The molecule has 1 heterocycles. The predicted octanol–water partition coefficient (Wildman–Crippen LogP) is 3.66. The van der Waals surface area contributed by atoms with Crippen molar-refractivity contribution in [1.82, 2.24) is 4.98 Å². The van der Waals surface area contributed by atoms with Gasteiger partial charge in [0.1, 0.15) is 11.5 Å². The van der Waals surface area contributed by atoms with E-state index in [1.54, 1.807) is 13.0 Å². The standard InChI is InChI=1S/C13H11F3N2O2/c1-8-6-7-18-12(11(8)17)19-9-2-4-10(5-3-9)20-13(14,15)16/h2-7H,17H2,1H3. The minimum Gasteiger partial charge on any atom is -0.437 e. The third-order valence-corrected chi connectivity index (χ3v) is 2.44. The first kappa shape index (κ1) is 14.0. The van der Waals surface area contributed by atoms with E-state index in [1.807, 2.05) is 0 Å². The number of rotatable bonds is 3. The fourth-order valence-electron chi connectivity index (χ4n) is 1.45. The molecule has 0 amide bonds. The van der Waals surface area contributed by atoms with Crippen LogP contribution in [0.15, 0.2) is 36.5 Å². The van der Waals surface area contributed by atoms with Gasteiger partial charge >= 0.3 is 6.36 Å². The third kappa shape index (κ3) is 3.53. The maximum atomic E-state index is 12.0. The lowest BCUT2D eigenvalue weighted by Gasteiger charge is -2.11. The molecule has 2 N–H and O–H groups in total. The summed E-state index contributed by atoms with van der Waals surface area (Å²) in [6.07, 6.45) is -3.19. The van der Waals surface area contributed by atoms with Gasteiger partial charge in [-0.2, -0.15) is 0 Å². The predicted molar refractivity (Wildman–Crippen MR) is 66.6 cm³/mol. The SMILES string of the molecule is Cc1ccnc(Oc2ccc(OC(F)(F)F)cc2)c1N. The molecule has 0 aliphatic heterocycles. The number of ether oxygens (including phenoxy) is 2. The molecule has 0 atom stereocenters. The topological polar surface area (TPSA) is 57.4 Å². The smallest absolute Gasteiger partial charge is 0.437 e. The number of hydrogen-bond acceptors (Lipinski definition) is 4. The molecular weight excluding hydrogens is 273 g/mol. The van der Waals surface area contributed by atoms with Gasteiger partial charge in [-0.15, -0.1) is 13.2 Å². The van der Waals surface area contributed by atoms with Crippen molar-refractivity contribution < 1.29 is 22.6 Å². The number of aromatic nitrogens is 1. The van der Waals surface area contributed by atoms with Crippen molar-refractivity contribution in [1.29, 1.82) is 0 Å². The van der Waals surface area contributed by atoms with Crippen LogP contribution in [-0.4, -0.2) is 11.3 Å². The Morgan fingerprint density at radius 1 is 1.05 bits per heavy atom. The summed E-state index contributed by atoms with van der Waals surface area (Å²) < 4.78 is 45.2. The molecule has 4 nitrogen and oxygen atoms in total. The molecule has 0 aliphatic carbocycles. The van der Waals surface area contributed by atoms with Crippen molar-refractivity contribution in [2.24, 2.45) is 0 Å². The molecule has 2 rings (SSSR count). The fourth-order valence-corrected chi connectivity index (χ4v) is 1.45. The molecular formula is C13H11F3N2O2. The van der Waals surface area contributed by atoms with Crippen molar-refractivity contribution in [2.75, 3.05) is 5.73 Å². The van der Waals surface area contributed by atoms with Gasteiger partial charge in [0, 0.05) is 6.20 Å². The number of benzene rings is 1. The van der Waals surface area contributed by atoms with Gasteiger partial charge in [0.25, 0.3) is 0 Å². The van der Waals surface area contributed by atoms with E-state index in [2.05, 4.69) is 9.72 Å². The van der Waals surface area contributed by atoms with E-state index < -0.39 is 6.36 Å². The zero-order chi connectivity index (χ0) is 14.8. The second-order valence-corrected chi connectivity index (χ2v) is 3.97. The highest BCUT2D eigenvalue weighted by Crippen LogP contribution is 2.29. The van der Waals surface area contributed by atoms with Gasteiger partial charge in [-0.1, -0.05) is 0 Å². The molecule has 20 heavy (non-hydrogen) atoms. The summed E-state index contributed by atoms with van der Waals surface area (Å²) >= 11 is 0. The first-order chi connectivity index (χ1) is 9.35. The minimum absolute atomic E-state index is 0.203. The fraction of sp³-hybridized carbons (Fsp3) is 0.154. The van der Waals surface area contributed by atoms with E-state index in [-0.39, 0.29) is 11.6 Å². The first-order valence-corrected chi connectivity index (χ1v) is 5.60. The lowest BCUT2D eigenvalue weighted by molar-refractivity contribution is -0.274. The van der Waals surface area contributed by atoms with Crippen LogP contribution >= 0.6 is 0 Å². The van der Waals surface area contributed by atoms with Crippen molar-refractivity contribution in [3.8, 4) is 17.4 Å². The lowest BCUT2D eigenvalue weighted by atomic mass is 10.2. The Balaban J connectivity index is 2.13. The second kappa shape index (κ2) is 5.28. The summed E-state index contributed by atoms with van der Waals surface area (Å²) in [4.78, 5) is 3.96. The Bertz CT molecular complexity index is 598. The lowest BCUT2D eigenvalue weighted by Crippen LogP contribution is -2.16. The quantitative estimate of drug-likeness (QED) is 0.934. The average Bonchev–Trinajstić information content (AvgIpc) is 2.35. The maximum absolute atomic E-state index is 12.0. The number of alkyl halides is 3. The summed E-state index contributed by atoms with van der Waals surface area (Å²) in [7, 11) is 0. The van der Waals surface area contributed by atoms with Crippen LogP contribution in [0.3, 0.4) is 0 Å². The van der Waals surface area contributed by atoms with Crippen molar-refractivity contribution in [3.05, 3.63) is 42.1 Å². The van der Waals surface area contributed by atoms with Gasteiger partial charge in [0.05, 0.1) is 5.69 Å². The number of pyridine rings is 1. The normalized spacial score (nSPS) is 11.2. The Morgan fingerprint density at radius 2 is 1.65 bits per heavy atom. The highest BCUT2D eigenvalue weighted by Gasteiger charge is 2.30. The molecule has 0 saturated carbocycles. The monoisotopic (exact) mass is 284 g/mol. The number of hydrogen-bond donors (Lipinski definition) is 1. The number of nitrogens with two attached hydrogens (primary N) is 1. The van der Waals surface area contributed by atoms with E-state index in [0.717, 1.165) is 17.7 Å². The second-order valence-electron chi connectivity index (χ2n) is 3.97. The summed E-state index contributed by atoms with van der Waals surface area (Å²) in [5.41, 5.74) is 6.96. The highest BCUT2D eigenvalue weighted by atomic mass is 19.4. The van der Waals surface area contributed by atoms with E-state index in [9.17, 15) is 13.2 Å². The molecule has 2 aromatic rings. The van der Waals surface area contributed by atoms with Crippen LogP contribution in [0.2, 0.25) is 0 Å². The van der Waals surface area contributed by atoms with Gasteiger partial charge in [-0.05, 0) is 42.8 Å². The van der Waals surface area contributed by atoms with E-state index in [0.29, 0.717) is 11.4 Å². The van der Waals surface area contributed by atoms with Crippen molar-refractivity contribution in [3.63, 3.8) is 0 Å². The van der Waals surface area contributed by atoms with Crippen LogP contribution in [0.4, 0.5) is 18.9 Å².